The van der Waals surface area contributed by atoms with E-state index in [4.69, 9.17) is 0 Å². The number of hydrogen-bond donors (Lipinski definition) is 1. The molecule has 2 aromatic rings. The predicted octanol–water partition coefficient (Wildman–Crippen LogP) is 5.26. The van der Waals surface area contributed by atoms with Gasteiger partial charge in [-0.05, 0) is 52.7 Å². The Morgan fingerprint density at radius 1 is 1.16 bits per heavy atom. The minimum absolute atomic E-state index is 0.124. The SMILES string of the molecule is CC(Nc1cccc(Br)c1C#N)c1cccc(Br)c1. The fourth-order valence-electron chi connectivity index (χ4n) is 1.85. The second kappa shape index (κ2) is 6.23. The zero-order valence-electron chi connectivity index (χ0n) is 10.3. The molecule has 0 spiro atoms. The van der Waals surface area contributed by atoms with E-state index in [9.17, 15) is 5.26 Å². The van der Waals surface area contributed by atoms with E-state index in [1.165, 1.54) is 5.56 Å². The molecule has 1 atom stereocenters. The van der Waals surface area contributed by atoms with E-state index in [1.54, 1.807) is 0 Å². The summed E-state index contributed by atoms with van der Waals surface area (Å²) in [6.07, 6.45) is 0. The Hall–Kier alpha value is -1.31. The van der Waals surface area contributed by atoms with Gasteiger partial charge in [-0.15, -0.1) is 0 Å². The third-order valence-electron chi connectivity index (χ3n) is 2.85. The summed E-state index contributed by atoms with van der Waals surface area (Å²) in [6.45, 7) is 2.07. The van der Waals surface area contributed by atoms with Gasteiger partial charge < -0.3 is 5.32 Å². The quantitative estimate of drug-likeness (QED) is 0.789. The lowest BCUT2D eigenvalue weighted by Gasteiger charge is -2.17. The van der Waals surface area contributed by atoms with Crippen LogP contribution in [0.4, 0.5) is 5.69 Å². The van der Waals surface area contributed by atoms with E-state index in [1.807, 2.05) is 30.3 Å². The highest BCUT2D eigenvalue weighted by Gasteiger charge is 2.10. The van der Waals surface area contributed by atoms with Gasteiger partial charge in [0.1, 0.15) is 6.07 Å². The van der Waals surface area contributed by atoms with Crippen LogP contribution in [0.5, 0.6) is 0 Å². The fourth-order valence-corrected chi connectivity index (χ4v) is 2.72. The van der Waals surface area contributed by atoms with Gasteiger partial charge >= 0.3 is 0 Å². The van der Waals surface area contributed by atoms with Crippen LogP contribution in [0.1, 0.15) is 24.1 Å². The van der Waals surface area contributed by atoms with E-state index in [-0.39, 0.29) is 6.04 Å². The first-order valence-electron chi connectivity index (χ1n) is 5.82. The lowest BCUT2D eigenvalue weighted by Crippen LogP contribution is -2.08. The Morgan fingerprint density at radius 3 is 2.58 bits per heavy atom. The summed E-state index contributed by atoms with van der Waals surface area (Å²) >= 11 is 6.86. The average Bonchev–Trinajstić information content (AvgIpc) is 2.39. The molecule has 96 valence electrons. The highest BCUT2D eigenvalue weighted by molar-refractivity contribution is 9.10. The molecule has 0 aliphatic carbocycles. The molecule has 0 radical (unpaired) electrons. The second-order valence-corrected chi connectivity index (χ2v) is 5.97. The summed E-state index contributed by atoms with van der Waals surface area (Å²) < 4.78 is 1.86. The number of halogens is 2. The molecule has 0 amide bonds. The van der Waals surface area contributed by atoms with Gasteiger partial charge in [0.05, 0.1) is 11.3 Å². The van der Waals surface area contributed by atoms with E-state index in [0.29, 0.717) is 5.56 Å². The number of rotatable bonds is 3. The molecule has 1 unspecified atom stereocenters. The molecule has 0 saturated carbocycles. The molecular weight excluding hydrogens is 368 g/mol. The van der Waals surface area contributed by atoms with Crippen LogP contribution in [0.25, 0.3) is 0 Å². The number of nitrogens with zero attached hydrogens (tertiary/aromatic N) is 1. The second-order valence-electron chi connectivity index (χ2n) is 4.20. The smallest absolute Gasteiger partial charge is 0.103 e. The van der Waals surface area contributed by atoms with Crippen LogP contribution in [0, 0.1) is 11.3 Å². The Bertz CT molecular complexity index is 632. The van der Waals surface area contributed by atoms with Crippen molar-refractivity contribution >= 4 is 37.5 Å². The molecule has 2 rings (SSSR count). The van der Waals surface area contributed by atoms with Crippen molar-refractivity contribution in [3.63, 3.8) is 0 Å². The van der Waals surface area contributed by atoms with Crippen molar-refractivity contribution in [2.24, 2.45) is 0 Å². The molecule has 0 heterocycles. The van der Waals surface area contributed by atoms with Crippen molar-refractivity contribution in [3.05, 3.63) is 62.5 Å². The molecule has 0 aliphatic heterocycles. The van der Waals surface area contributed by atoms with E-state index >= 15 is 0 Å². The van der Waals surface area contributed by atoms with Gasteiger partial charge in [0.15, 0.2) is 0 Å². The van der Waals surface area contributed by atoms with Crippen LogP contribution < -0.4 is 5.32 Å². The Balaban J connectivity index is 2.27. The van der Waals surface area contributed by atoms with Gasteiger partial charge in [-0.25, -0.2) is 0 Å². The van der Waals surface area contributed by atoms with Crippen LogP contribution in [0.3, 0.4) is 0 Å². The topological polar surface area (TPSA) is 35.8 Å². The molecule has 19 heavy (non-hydrogen) atoms. The van der Waals surface area contributed by atoms with E-state index in [2.05, 4.69) is 62.3 Å². The highest BCUT2D eigenvalue weighted by atomic mass is 79.9. The predicted molar refractivity (Wildman–Crippen MR) is 85.0 cm³/mol. The number of hydrogen-bond acceptors (Lipinski definition) is 2. The van der Waals surface area contributed by atoms with Gasteiger partial charge in [0, 0.05) is 15.0 Å². The number of benzene rings is 2. The Morgan fingerprint density at radius 2 is 1.89 bits per heavy atom. The van der Waals surface area contributed by atoms with Crippen LogP contribution in [-0.2, 0) is 0 Å². The fraction of sp³-hybridized carbons (Fsp3) is 0.133. The number of nitriles is 1. The summed E-state index contributed by atoms with van der Waals surface area (Å²) in [5.41, 5.74) is 2.63. The molecule has 0 aromatic heterocycles. The number of nitrogens with one attached hydrogen (secondary N) is 1. The normalized spacial score (nSPS) is 11.7. The lowest BCUT2D eigenvalue weighted by molar-refractivity contribution is 0.882. The first-order valence-corrected chi connectivity index (χ1v) is 7.41. The lowest BCUT2D eigenvalue weighted by atomic mass is 10.1. The highest BCUT2D eigenvalue weighted by Crippen LogP contribution is 2.28. The minimum atomic E-state index is 0.124. The van der Waals surface area contributed by atoms with Gasteiger partial charge in [-0.2, -0.15) is 5.26 Å². The molecule has 0 saturated heterocycles. The van der Waals surface area contributed by atoms with Gasteiger partial charge in [0.25, 0.3) is 0 Å². The summed E-state index contributed by atoms with van der Waals surface area (Å²) in [5, 5.41) is 12.6. The van der Waals surface area contributed by atoms with Crippen molar-refractivity contribution in [2.75, 3.05) is 5.32 Å². The summed E-state index contributed by atoms with van der Waals surface area (Å²) in [4.78, 5) is 0. The van der Waals surface area contributed by atoms with E-state index in [0.717, 1.165) is 14.6 Å². The first kappa shape index (κ1) is 14.1. The minimum Gasteiger partial charge on any atom is -0.377 e. The van der Waals surface area contributed by atoms with Gasteiger partial charge in [-0.3, -0.25) is 0 Å². The Kier molecular flexibility index (Phi) is 4.62. The van der Waals surface area contributed by atoms with Gasteiger partial charge in [-0.1, -0.05) is 34.1 Å². The monoisotopic (exact) mass is 378 g/mol. The van der Waals surface area contributed by atoms with Crippen molar-refractivity contribution in [1.29, 1.82) is 5.26 Å². The van der Waals surface area contributed by atoms with Crippen LogP contribution >= 0.6 is 31.9 Å². The molecule has 2 aromatic carbocycles. The summed E-state index contributed by atoms with van der Waals surface area (Å²) in [7, 11) is 0. The third kappa shape index (κ3) is 3.37. The zero-order valence-corrected chi connectivity index (χ0v) is 13.5. The van der Waals surface area contributed by atoms with Crippen LogP contribution in [0.2, 0.25) is 0 Å². The zero-order chi connectivity index (χ0) is 13.8. The van der Waals surface area contributed by atoms with Crippen LogP contribution in [-0.4, -0.2) is 0 Å². The largest absolute Gasteiger partial charge is 0.377 e. The molecule has 0 aliphatic rings. The maximum Gasteiger partial charge on any atom is 0.103 e. The van der Waals surface area contributed by atoms with Crippen molar-refractivity contribution in [2.45, 2.75) is 13.0 Å². The summed E-state index contributed by atoms with van der Waals surface area (Å²) in [5.74, 6) is 0. The third-order valence-corrected chi connectivity index (χ3v) is 4.00. The molecule has 0 bridgehead atoms. The van der Waals surface area contributed by atoms with Crippen molar-refractivity contribution < 1.29 is 0 Å². The molecule has 2 nitrogen and oxygen atoms in total. The average molecular weight is 380 g/mol. The maximum atomic E-state index is 9.20. The Labute approximate surface area is 129 Å². The molecule has 1 N–H and O–H groups in total. The molecule has 4 heteroatoms. The molecule has 0 fully saturated rings. The summed E-state index contributed by atoms with van der Waals surface area (Å²) in [6, 6.07) is 16.2. The molecular formula is C15H12Br2N2. The van der Waals surface area contributed by atoms with Crippen molar-refractivity contribution in [3.8, 4) is 6.07 Å². The number of anilines is 1. The first-order chi connectivity index (χ1) is 9.11. The van der Waals surface area contributed by atoms with Gasteiger partial charge in [0.2, 0.25) is 0 Å². The van der Waals surface area contributed by atoms with E-state index < -0.39 is 0 Å². The van der Waals surface area contributed by atoms with Crippen molar-refractivity contribution in [1.82, 2.24) is 0 Å². The standard InChI is InChI=1S/C15H12Br2N2/c1-10(11-4-2-5-12(16)8-11)19-15-7-3-6-14(17)13(15)9-18/h2-8,10,19H,1H3. The maximum absolute atomic E-state index is 9.20. The van der Waals surface area contributed by atoms with Crippen LogP contribution in [0.15, 0.2) is 51.4 Å².